The third kappa shape index (κ3) is 3.72. The van der Waals surface area contributed by atoms with Crippen molar-refractivity contribution < 1.29 is 14.5 Å². The summed E-state index contributed by atoms with van der Waals surface area (Å²) in [5.74, 6) is -0.230. The molecule has 30 heavy (non-hydrogen) atoms. The second-order valence-electron chi connectivity index (χ2n) is 7.70. The fraction of sp³-hybridized carbons (Fsp3) is 0.391. The average Bonchev–Trinajstić information content (AvgIpc) is 2.90. The van der Waals surface area contributed by atoms with E-state index < -0.39 is 0 Å². The van der Waals surface area contributed by atoms with Crippen molar-refractivity contribution in [2.45, 2.75) is 45.4 Å². The minimum absolute atomic E-state index is 0.0136. The van der Waals surface area contributed by atoms with Crippen LogP contribution in [-0.2, 0) is 22.4 Å². The molecule has 2 aliphatic rings. The first kappa shape index (κ1) is 20.5. The van der Waals surface area contributed by atoms with E-state index in [2.05, 4.69) is 4.98 Å². The third-order valence-electron chi connectivity index (χ3n) is 6.02. The Morgan fingerprint density at radius 2 is 2.00 bits per heavy atom. The predicted octanol–water partition coefficient (Wildman–Crippen LogP) is 5.30. The first-order valence-electron chi connectivity index (χ1n) is 10.3. The molecule has 0 aliphatic heterocycles. The van der Waals surface area contributed by atoms with E-state index in [1.54, 1.807) is 12.3 Å². The van der Waals surface area contributed by atoms with Gasteiger partial charge in [-0.1, -0.05) is 29.3 Å². The Balaban J connectivity index is 1.84. The molecule has 6 nitrogen and oxygen atoms in total. The first-order chi connectivity index (χ1) is 14.5. The SMILES string of the molecule is CCOC(=O)C1CCC(=C2c3ccc(Cl)c([N+](=O)[O-])c3CCc3cccnc32)CC1. The van der Waals surface area contributed by atoms with Crippen molar-refractivity contribution in [2.24, 2.45) is 5.92 Å². The number of ether oxygens (including phenoxy) is 1. The summed E-state index contributed by atoms with van der Waals surface area (Å²) in [6.07, 6.45) is 5.87. The minimum atomic E-state index is -0.384. The van der Waals surface area contributed by atoms with Gasteiger partial charge in [0.05, 0.1) is 23.1 Å². The molecule has 7 heteroatoms. The van der Waals surface area contributed by atoms with Gasteiger partial charge in [-0.15, -0.1) is 0 Å². The Labute approximate surface area is 180 Å². The normalized spacial score (nSPS) is 18.3. The molecule has 2 aromatic rings. The van der Waals surface area contributed by atoms with Gasteiger partial charge in [0.2, 0.25) is 0 Å². The number of hydrogen-bond donors (Lipinski definition) is 0. The molecule has 0 saturated heterocycles. The van der Waals surface area contributed by atoms with Crippen LogP contribution in [0.1, 0.15) is 55.0 Å². The molecule has 4 rings (SSSR count). The highest BCUT2D eigenvalue weighted by Gasteiger charge is 2.32. The van der Waals surface area contributed by atoms with Crippen molar-refractivity contribution in [1.29, 1.82) is 0 Å². The summed E-state index contributed by atoms with van der Waals surface area (Å²) in [5.41, 5.74) is 5.62. The van der Waals surface area contributed by atoms with Crippen LogP contribution >= 0.6 is 11.6 Å². The number of nitro benzene ring substituents is 1. The number of fused-ring (bicyclic) bond motifs is 2. The van der Waals surface area contributed by atoms with Gasteiger partial charge in [-0.25, -0.2) is 0 Å². The number of nitro groups is 1. The fourth-order valence-electron chi connectivity index (χ4n) is 4.62. The van der Waals surface area contributed by atoms with Crippen LogP contribution in [0.25, 0.3) is 5.57 Å². The van der Waals surface area contributed by atoms with Gasteiger partial charge in [0.15, 0.2) is 0 Å². The summed E-state index contributed by atoms with van der Waals surface area (Å²) < 4.78 is 5.19. The number of aromatic nitrogens is 1. The maximum Gasteiger partial charge on any atom is 0.308 e. The summed E-state index contributed by atoms with van der Waals surface area (Å²) in [4.78, 5) is 28.2. The van der Waals surface area contributed by atoms with E-state index in [0.717, 1.165) is 35.2 Å². The van der Waals surface area contributed by atoms with E-state index in [9.17, 15) is 14.9 Å². The minimum Gasteiger partial charge on any atom is -0.466 e. The Kier molecular flexibility index (Phi) is 5.86. The molecule has 0 radical (unpaired) electrons. The van der Waals surface area contributed by atoms with Crippen molar-refractivity contribution in [3.8, 4) is 0 Å². The Hall–Kier alpha value is -2.73. The lowest BCUT2D eigenvalue weighted by Crippen LogP contribution is -2.21. The smallest absolute Gasteiger partial charge is 0.308 e. The molecule has 156 valence electrons. The predicted molar refractivity (Wildman–Crippen MR) is 114 cm³/mol. The number of carbonyl (C=O) groups is 1. The van der Waals surface area contributed by atoms with Crippen LogP contribution in [0.2, 0.25) is 5.02 Å². The van der Waals surface area contributed by atoms with Gasteiger partial charge >= 0.3 is 5.97 Å². The monoisotopic (exact) mass is 426 g/mol. The van der Waals surface area contributed by atoms with E-state index in [1.165, 1.54) is 5.57 Å². The molecule has 0 amide bonds. The molecule has 1 heterocycles. The quantitative estimate of drug-likeness (QED) is 0.378. The Morgan fingerprint density at radius 3 is 2.70 bits per heavy atom. The van der Waals surface area contributed by atoms with Gasteiger partial charge in [0.25, 0.3) is 5.69 Å². The number of nitrogens with zero attached hydrogens (tertiary/aromatic N) is 2. The van der Waals surface area contributed by atoms with Gasteiger partial charge in [0, 0.05) is 17.3 Å². The second kappa shape index (κ2) is 8.56. The molecule has 0 atom stereocenters. The number of esters is 1. The van der Waals surface area contributed by atoms with Gasteiger partial charge in [0.1, 0.15) is 5.02 Å². The third-order valence-corrected chi connectivity index (χ3v) is 6.33. The summed E-state index contributed by atoms with van der Waals surface area (Å²) in [5, 5.41) is 11.9. The standard InChI is InChI=1S/C23H23ClN2O4/c1-2-30-23(27)16-7-5-14(6-8-16)20-17-11-12-19(24)22(26(28)29)18(17)10-9-15-4-3-13-25-21(15)20/h3-4,11-13,16H,2,5-10H2,1H3. The van der Waals surface area contributed by atoms with E-state index in [0.29, 0.717) is 37.9 Å². The van der Waals surface area contributed by atoms with Gasteiger partial charge in [-0.2, -0.15) is 0 Å². The molecular weight excluding hydrogens is 404 g/mol. The average molecular weight is 427 g/mol. The highest BCUT2D eigenvalue weighted by Crippen LogP contribution is 2.44. The van der Waals surface area contributed by atoms with Crippen LogP contribution in [0.15, 0.2) is 36.0 Å². The lowest BCUT2D eigenvalue weighted by atomic mass is 9.80. The van der Waals surface area contributed by atoms with Crippen LogP contribution in [0.3, 0.4) is 0 Å². The number of pyridine rings is 1. The summed E-state index contributed by atoms with van der Waals surface area (Å²) in [6, 6.07) is 7.42. The van der Waals surface area contributed by atoms with Crippen LogP contribution in [-0.4, -0.2) is 22.5 Å². The van der Waals surface area contributed by atoms with Crippen molar-refractivity contribution in [2.75, 3.05) is 6.61 Å². The maximum absolute atomic E-state index is 12.1. The second-order valence-corrected chi connectivity index (χ2v) is 8.10. The molecule has 1 aromatic heterocycles. The highest BCUT2D eigenvalue weighted by atomic mass is 35.5. The van der Waals surface area contributed by atoms with Crippen molar-refractivity contribution in [3.63, 3.8) is 0 Å². The van der Waals surface area contributed by atoms with E-state index >= 15 is 0 Å². The largest absolute Gasteiger partial charge is 0.466 e. The molecule has 0 spiro atoms. The molecule has 2 aliphatic carbocycles. The van der Waals surface area contributed by atoms with Gasteiger partial charge in [-0.3, -0.25) is 19.9 Å². The zero-order valence-corrected chi connectivity index (χ0v) is 17.6. The lowest BCUT2D eigenvalue weighted by molar-refractivity contribution is -0.385. The fourth-order valence-corrected chi connectivity index (χ4v) is 4.86. The number of halogens is 1. The van der Waals surface area contributed by atoms with Crippen LogP contribution in [0.5, 0.6) is 0 Å². The summed E-state index contributed by atoms with van der Waals surface area (Å²) in [6.45, 7) is 2.20. The van der Waals surface area contributed by atoms with Crippen LogP contribution in [0.4, 0.5) is 5.69 Å². The number of rotatable bonds is 3. The Morgan fingerprint density at radius 1 is 1.23 bits per heavy atom. The molecule has 1 aromatic carbocycles. The van der Waals surface area contributed by atoms with E-state index in [1.807, 2.05) is 25.1 Å². The van der Waals surface area contributed by atoms with Crippen molar-refractivity contribution >= 4 is 28.8 Å². The van der Waals surface area contributed by atoms with Crippen molar-refractivity contribution in [1.82, 2.24) is 4.98 Å². The number of hydrogen-bond acceptors (Lipinski definition) is 5. The van der Waals surface area contributed by atoms with Crippen LogP contribution in [0, 0.1) is 16.0 Å². The van der Waals surface area contributed by atoms with E-state index in [4.69, 9.17) is 16.3 Å². The number of benzene rings is 1. The zero-order chi connectivity index (χ0) is 21.3. The number of aryl methyl sites for hydroxylation is 1. The molecule has 0 bridgehead atoms. The Bertz CT molecular complexity index is 1040. The molecule has 1 saturated carbocycles. The van der Waals surface area contributed by atoms with Crippen LogP contribution < -0.4 is 0 Å². The molecule has 0 unspecified atom stereocenters. The first-order valence-corrected chi connectivity index (χ1v) is 10.7. The van der Waals surface area contributed by atoms with Crippen molar-refractivity contribution in [3.05, 3.63) is 73.6 Å². The summed E-state index contributed by atoms with van der Waals surface area (Å²) in [7, 11) is 0. The lowest BCUT2D eigenvalue weighted by Gasteiger charge is -2.25. The van der Waals surface area contributed by atoms with Gasteiger partial charge < -0.3 is 4.74 Å². The van der Waals surface area contributed by atoms with Gasteiger partial charge in [-0.05, 0) is 68.7 Å². The molecule has 1 fully saturated rings. The highest BCUT2D eigenvalue weighted by molar-refractivity contribution is 6.33. The van der Waals surface area contributed by atoms with E-state index in [-0.39, 0.29) is 27.5 Å². The topological polar surface area (TPSA) is 82.3 Å². The zero-order valence-electron chi connectivity index (χ0n) is 16.8. The molecule has 0 N–H and O–H groups in total. The summed E-state index contributed by atoms with van der Waals surface area (Å²) >= 11 is 6.21. The number of allylic oxidation sites excluding steroid dienone is 1. The molecular formula is C23H23ClN2O4. The maximum atomic E-state index is 12.1. The number of carbonyl (C=O) groups excluding carboxylic acids is 1.